The molecule has 2 rings (SSSR count). The predicted octanol–water partition coefficient (Wildman–Crippen LogP) is 4.83. The molecule has 1 aromatic carbocycles. The molecule has 0 aliphatic carbocycles. The van der Waals surface area contributed by atoms with E-state index in [2.05, 4.69) is 64.7 Å². The van der Waals surface area contributed by atoms with Crippen LogP contribution in [0.15, 0.2) is 30.6 Å². The molecule has 0 amide bonds. The van der Waals surface area contributed by atoms with E-state index >= 15 is 0 Å². The number of pyridine rings is 1. The Bertz CT molecular complexity index is 516. The van der Waals surface area contributed by atoms with E-state index in [0.717, 1.165) is 0 Å². The fraction of sp³-hybridized carbons (Fsp3) is 0.471. The highest BCUT2D eigenvalue weighted by atomic mass is 14.6. The molecule has 0 N–H and O–H groups in total. The van der Waals surface area contributed by atoms with Gasteiger partial charge in [0.15, 0.2) is 0 Å². The molecule has 1 aromatic heterocycles. The molecule has 0 aliphatic rings. The van der Waals surface area contributed by atoms with Gasteiger partial charge in [0.05, 0.1) is 0 Å². The lowest BCUT2D eigenvalue weighted by molar-refractivity contribution is 0.531. The van der Waals surface area contributed by atoms with E-state index in [-0.39, 0.29) is 10.8 Å². The SMILES string of the molecule is CC(C)(C)c1cc2ccncc2cc1C(C)(C)C. The second kappa shape index (κ2) is 4.08. The van der Waals surface area contributed by atoms with Gasteiger partial charge in [-0.05, 0) is 39.5 Å². The van der Waals surface area contributed by atoms with Crippen molar-refractivity contribution >= 4 is 10.8 Å². The van der Waals surface area contributed by atoms with Crippen molar-refractivity contribution in [2.24, 2.45) is 0 Å². The van der Waals surface area contributed by atoms with Crippen LogP contribution in [0.25, 0.3) is 10.8 Å². The highest BCUT2D eigenvalue weighted by molar-refractivity contribution is 5.83. The third-order valence-electron chi connectivity index (χ3n) is 3.39. The monoisotopic (exact) mass is 241 g/mol. The summed E-state index contributed by atoms with van der Waals surface area (Å²) in [7, 11) is 0. The van der Waals surface area contributed by atoms with Crippen LogP contribution in [-0.2, 0) is 10.8 Å². The molecule has 0 atom stereocenters. The Morgan fingerprint density at radius 3 is 1.78 bits per heavy atom. The molecule has 0 saturated carbocycles. The molecule has 18 heavy (non-hydrogen) atoms. The quantitative estimate of drug-likeness (QED) is 0.643. The van der Waals surface area contributed by atoms with E-state index in [4.69, 9.17) is 0 Å². The summed E-state index contributed by atoms with van der Waals surface area (Å²) in [4.78, 5) is 4.23. The van der Waals surface area contributed by atoms with E-state index in [1.165, 1.54) is 21.9 Å². The second-order valence-corrected chi connectivity index (χ2v) is 7.12. The molecule has 1 heterocycles. The van der Waals surface area contributed by atoms with Crippen LogP contribution in [-0.4, -0.2) is 4.98 Å². The summed E-state index contributed by atoms with van der Waals surface area (Å²) >= 11 is 0. The average Bonchev–Trinajstić information content (AvgIpc) is 2.25. The van der Waals surface area contributed by atoms with Crippen LogP contribution in [0, 0.1) is 0 Å². The van der Waals surface area contributed by atoms with Gasteiger partial charge in [0.1, 0.15) is 0 Å². The van der Waals surface area contributed by atoms with E-state index in [1.54, 1.807) is 0 Å². The van der Waals surface area contributed by atoms with Crippen LogP contribution in [0.1, 0.15) is 52.7 Å². The Balaban J connectivity index is 2.81. The molecular weight excluding hydrogens is 218 g/mol. The Hall–Kier alpha value is -1.37. The van der Waals surface area contributed by atoms with Crippen LogP contribution in [0.2, 0.25) is 0 Å². The van der Waals surface area contributed by atoms with Crippen molar-refractivity contribution < 1.29 is 0 Å². The fourth-order valence-corrected chi connectivity index (χ4v) is 2.38. The molecule has 0 unspecified atom stereocenters. The Kier molecular flexibility index (Phi) is 2.96. The van der Waals surface area contributed by atoms with Crippen molar-refractivity contribution in [1.82, 2.24) is 4.98 Å². The van der Waals surface area contributed by atoms with E-state index in [0.29, 0.717) is 0 Å². The molecule has 0 radical (unpaired) electrons. The Morgan fingerprint density at radius 1 is 0.778 bits per heavy atom. The third-order valence-corrected chi connectivity index (χ3v) is 3.39. The van der Waals surface area contributed by atoms with Crippen LogP contribution in [0.5, 0.6) is 0 Å². The number of fused-ring (bicyclic) bond motifs is 1. The van der Waals surface area contributed by atoms with E-state index in [9.17, 15) is 0 Å². The molecule has 0 saturated heterocycles. The molecule has 0 spiro atoms. The van der Waals surface area contributed by atoms with Crippen molar-refractivity contribution in [3.63, 3.8) is 0 Å². The Morgan fingerprint density at radius 2 is 1.28 bits per heavy atom. The maximum Gasteiger partial charge on any atom is 0.0346 e. The maximum atomic E-state index is 4.23. The minimum absolute atomic E-state index is 0.159. The second-order valence-electron chi connectivity index (χ2n) is 7.12. The molecule has 1 heteroatoms. The molecule has 0 fully saturated rings. The van der Waals surface area contributed by atoms with Crippen LogP contribution >= 0.6 is 0 Å². The first kappa shape index (κ1) is 13.1. The lowest BCUT2D eigenvalue weighted by Gasteiger charge is -2.30. The van der Waals surface area contributed by atoms with Crippen molar-refractivity contribution in [3.8, 4) is 0 Å². The zero-order valence-electron chi connectivity index (χ0n) is 12.3. The third kappa shape index (κ3) is 2.40. The van der Waals surface area contributed by atoms with Crippen LogP contribution in [0.3, 0.4) is 0 Å². The summed E-state index contributed by atoms with van der Waals surface area (Å²) in [6.45, 7) is 13.7. The van der Waals surface area contributed by atoms with Gasteiger partial charge in [0.2, 0.25) is 0 Å². The topological polar surface area (TPSA) is 12.9 Å². The number of aromatic nitrogens is 1. The summed E-state index contributed by atoms with van der Waals surface area (Å²) in [5.74, 6) is 0. The van der Waals surface area contributed by atoms with Gasteiger partial charge in [0, 0.05) is 17.8 Å². The smallest absolute Gasteiger partial charge is 0.0346 e. The van der Waals surface area contributed by atoms with Gasteiger partial charge in [-0.25, -0.2) is 0 Å². The molecule has 96 valence electrons. The average molecular weight is 241 g/mol. The largest absolute Gasteiger partial charge is 0.264 e. The number of rotatable bonds is 0. The maximum absolute atomic E-state index is 4.23. The molecule has 1 nitrogen and oxygen atoms in total. The first-order valence-corrected chi connectivity index (χ1v) is 6.58. The summed E-state index contributed by atoms with van der Waals surface area (Å²) in [5.41, 5.74) is 3.19. The summed E-state index contributed by atoms with van der Waals surface area (Å²) in [6.07, 6.45) is 3.82. The van der Waals surface area contributed by atoms with Gasteiger partial charge in [-0.3, -0.25) is 4.98 Å². The highest BCUT2D eigenvalue weighted by Crippen LogP contribution is 2.36. The van der Waals surface area contributed by atoms with E-state index in [1.807, 2.05) is 12.4 Å². The number of benzene rings is 1. The van der Waals surface area contributed by atoms with Crippen molar-refractivity contribution in [3.05, 3.63) is 41.7 Å². The van der Waals surface area contributed by atoms with Crippen molar-refractivity contribution in [2.45, 2.75) is 52.4 Å². The molecule has 0 bridgehead atoms. The number of nitrogens with zero attached hydrogens (tertiary/aromatic N) is 1. The van der Waals surface area contributed by atoms with Gasteiger partial charge >= 0.3 is 0 Å². The van der Waals surface area contributed by atoms with Gasteiger partial charge in [-0.1, -0.05) is 47.6 Å². The van der Waals surface area contributed by atoms with Crippen molar-refractivity contribution in [2.75, 3.05) is 0 Å². The van der Waals surface area contributed by atoms with Gasteiger partial charge < -0.3 is 0 Å². The normalized spacial score (nSPS) is 13.0. The van der Waals surface area contributed by atoms with Crippen LogP contribution < -0.4 is 0 Å². The number of hydrogen-bond donors (Lipinski definition) is 0. The summed E-state index contributed by atoms with van der Waals surface area (Å²) in [5, 5.41) is 2.51. The zero-order chi connectivity index (χ0) is 13.6. The molecule has 2 aromatic rings. The standard InChI is InChI=1S/C17H23N/c1-16(2,3)14-9-12-7-8-18-11-13(12)10-15(14)17(4,5)6/h7-11H,1-6H3. The number of hydrogen-bond acceptors (Lipinski definition) is 1. The summed E-state index contributed by atoms with van der Waals surface area (Å²) < 4.78 is 0. The van der Waals surface area contributed by atoms with Crippen LogP contribution in [0.4, 0.5) is 0 Å². The fourth-order valence-electron chi connectivity index (χ4n) is 2.38. The lowest BCUT2D eigenvalue weighted by atomic mass is 9.74. The Labute approximate surface area is 110 Å². The van der Waals surface area contributed by atoms with Gasteiger partial charge in [0.25, 0.3) is 0 Å². The minimum atomic E-state index is 0.159. The zero-order valence-corrected chi connectivity index (χ0v) is 12.3. The first-order chi connectivity index (χ1) is 8.19. The van der Waals surface area contributed by atoms with Crippen molar-refractivity contribution in [1.29, 1.82) is 0 Å². The highest BCUT2D eigenvalue weighted by Gasteiger charge is 2.25. The molecular formula is C17H23N. The summed E-state index contributed by atoms with van der Waals surface area (Å²) in [6, 6.07) is 6.73. The lowest BCUT2D eigenvalue weighted by Crippen LogP contribution is -2.21. The first-order valence-electron chi connectivity index (χ1n) is 6.58. The van der Waals surface area contributed by atoms with E-state index < -0.39 is 0 Å². The van der Waals surface area contributed by atoms with Gasteiger partial charge in [-0.15, -0.1) is 0 Å². The predicted molar refractivity (Wildman–Crippen MR) is 79.1 cm³/mol. The molecule has 0 aliphatic heterocycles. The van der Waals surface area contributed by atoms with Gasteiger partial charge in [-0.2, -0.15) is 0 Å². The minimum Gasteiger partial charge on any atom is -0.264 e.